The zero-order valence-electron chi connectivity index (χ0n) is 47.5. The predicted octanol–water partition coefficient (Wildman–Crippen LogP) is 6.36. The number of hydrogen-bond acceptors (Lipinski definition) is 17. The number of halogens is 1. The van der Waals surface area contributed by atoms with Crippen LogP contribution >= 0.6 is 11.6 Å². The minimum Gasteiger partial charge on any atom is -0.463 e. The van der Waals surface area contributed by atoms with Crippen LogP contribution < -0.4 is 36.2 Å². The number of ether oxygens (including phenoxy) is 7. The van der Waals surface area contributed by atoms with Gasteiger partial charge in [0.1, 0.15) is 41.8 Å². The normalized spacial score (nSPS) is 19.1. The van der Waals surface area contributed by atoms with Crippen molar-refractivity contribution in [2.45, 2.75) is 143 Å². The van der Waals surface area contributed by atoms with Gasteiger partial charge in [-0.3, -0.25) is 43.2 Å². The zero-order chi connectivity index (χ0) is 60.3. The monoisotopic (exact) mass is 1160 g/mol. The number of nitrogens with one attached hydrogen (secondary N) is 5. The number of benzene rings is 3. The Morgan fingerprint density at radius 1 is 0.720 bits per heavy atom. The largest absolute Gasteiger partial charge is 0.463 e. The number of alkyl carbamates (subject to hydrolysis) is 1. The fraction of sp³-hybridized carbons (Fsp3) is 0.474. The van der Waals surface area contributed by atoms with Gasteiger partial charge >= 0.3 is 30.0 Å². The van der Waals surface area contributed by atoms with Crippen LogP contribution in [0, 0.1) is 5.92 Å². The minimum atomic E-state index is -1.56. The standard InChI is InChI=1S/C57H70ClN7O17/c1-29(2)48(63-56(75)82-57(8,9)10)54(74)59-30(3)52(72)61-36-19-21-37(22-20-36)62-53(73)42-23-38(27-64(42)11)60-45(70)17-14-18-46(71)65-26-35(25-58)47-40-16-13-12-15-39(40)43(24-41(47)65)80-55-51(79-34(7)69)50(78-33(6)68)49(77-32(5)67)44(81-55)28-76-31(4)66/h12-13,15-16,19-24,27,29-30,35,44,48-51,55H,14,17-18,25-26,28H2,1-11H3,(H,59,74)(H,60,70)(H,61,72)(H,62,73)(H,63,75)/t30-,35+,44+,48-,49-,50-,51+,55+/m0/s1. The first-order valence-corrected chi connectivity index (χ1v) is 27.0. The topological polar surface area (TPSA) is 304 Å². The van der Waals surface area contributed by atoms with Crippen LogP contribution in [0.25, 0.3) is 10.8 Å². The number of esters is 4. The summed E-state index contributed by atoms with van der Waals surface area (Å²) in [5.74, 6) is -5.77. The van der Waals surface area contributed by atoms with E-state index in [1.165, 1.54) is 17.6 Å². The quantitative estimate of drug-likeness (QED) is 0.0344. The smallest absolute Gasteiger partial charge is 0.408 e. The number of hydrogen-bond donors (Lipinski definition) is 5. The molecule has 2 aliphatic rings. The van der Waals surface area contributed by atoms with Crippen molar-refractivity contribution in [2.75, 3.05) is 39.9 Å². The van der Waals surface area contributed by atoms with Crippen molar-refractivity contribution >= 4 is 105 Å². The lowest BCUT2D eigenvalue weighted by molar-refractivity contribution is -0.288. The predicted molar refractivity (Wildman–Crippen MR) is 299 cm³/mol. The number of nitrogens with zero attached hydrogens (tertiary/aromatic N) is 2. The minimum absolute atomic E-state index is 0.0567. The van der Waals surface area contributed by atoms with E-state index >= 15 is 0 Å². The average Bonchev–Trinajstić information content (AvgIpc) is 2.64. The lowest BCUT2D eigenvalue weighted by Gasteiger charge is -2.44. The molecule has 25 heteroatoms. The van der Waals surface area contributed by atoms with Crippen molar-refractivity contribution in [3.63, 3.8) is 0 Å². The van der Waals surface area contributed by atoms with Gasteiger partial charge in [0.15, 0.2) is 12.2 Å². The third kappa shape index (κ3) is 16.7. The molecule has 0 radical (unpaired) electrons. The number of amides is 6. The Bertz CT molecular complexity index is 3070. The maximum absolute atomic E-state index is 14.2. The summed E-state index contributed by atoms with van der Waals surface area (Å²) in [7, 11) is 1.63. The van der Waals surface area contributed by atoms with Gasteiger partial charge in [0.25, 0.3) is 5.91 Å². The van der Waals surface area contributed by atoms with E-state index in [2.05, 4.69) is 26.6 Å². The van der Waals surface area contributed by atoms with Gasteiger partial charge in [-0.15, -0.1) is 11.6 Å². The second-order valence-corrected chi connectivity index (χ2v) is 21.4. The number of carbonyl (C=O) groups is 10. The van der Waals surface area contributed by atoms with Gasteiger partial charge in [0.05, 0.1) is 11.4 Å². The Hall–Kier alpha value is -8.25. The molecular formula is C57H70ClN7O17. The first kappa shape index (κ1) is 62.9. The molecule has 0 spiro atoms. The molecule has 4 aromatic rings. The number of anilines is 4. The van der Waals surface area contributed by atoms with Gasteiger partial charge in [0, 0.05) is 95.0 Å². The van der Waals surface area contributed by atoms with E-state index in [4.69, 9.17) is 44.8 Å². The molecule has 5 N–H and O–H groups in total. The summed E-state index contributed by atoms with van der Waals surface area (Å²) in [4.78, 5) is 130. The van der Waals surface area contributed by atoms with Crippen molar-refractivity contribution < 1.29 is 81.1 Å². The number of rotatable bonds is 21. The molecular weight excluding hydrogens is 1090 g/mol. The Labute approximate surface area is 478 Å². The summed E-state index contributed by atoms with van der Waals surface area (Å²) in [5, 5.41) is 14.7. The van der Waals surface area contributed by atoms with Crippen molar-refractivity contribution in [1.82, 2.24) is 15.2 Å². The molecule has 24 nitrogen and oxygen atoms in total. The van der Waals surface area contributed by atoms with Crippen molar-refractivity contribution in [1.29, 1.82) is 0 Å². The van der Waals surface area contributed by atoms with Crippen LogP contribution in [0.3, 0.4) is 0 Å². The Kier molecular flexibility index (Phi) is 21.1. The van der Waals surface area contributed by atoms with E-state index in [-0.39, 0.29) is 60.9 Å². The van der Waals surface area contributed by atoms with E-state index < -0.39 is 109 Å². The molecule has 1 aromatic heterocycles. The molecule has 0 bridgehead atoms. The summed E-state index contributed by atoms with van der Waals surface area (Å²) >= 11 is 6.55. The highest BCUT2D eigenvalue weighted by Gasteiger charge is 2.54. The molecule has 3 aromatic carbocycles. The molecule has 6 rings (SSSR count). The summed E-state index contributed by atoms with van der Waals surface area (Å²) in [6.45, 7) is 14.3. The van der Waals surface area contributed by atoms with Crippen LogP contribution in [0.15, 0.2) is 66.9 Å². The first-order valence-electron chi connectivity index (χ1n) is 26.5. The van der Waals surface area contributed by atoms with Crippen LogP contribution in [0.5, 0.6) is 5.75 Å². The summed E-state index contributed by atoms with van der Waals surface area (Å²) in [5.41, 5.74) is 1.76. The second-order valence-electron chi connectivity index (χ2n) is 21.1. The summed E-state index contributed by atoms with van der Waals surface area (Å²) in [6, 6.07) is 14.6. The van der Waals surface area contributed by atoms with Crippen molar-refractivity contribution in [3.8, 4) is 5.75 Å². The van der Waals surface area contributed by atoms with Crippen LogP contribution in [-0.4, -0.2) is 131 Å². The lowest BCUT2D eigenvalue weighted by Crippen LogP contribution is -2.63. The Morgan fingerprint density at radius 2 is 1.33 bits per heavy atom. The van der Waals surface area contributed by atoms with Crippen LogP contribution in [0.2, 0.25) is 0 Å². The zero-order valence-corrected chi connectivity index (χ0v) is 48.3. The van der Waals surface area contributed by atoms with E-state index in [0.717, 1.165) is 33.3 Å². The van der Waals surface area contributed by atoms with Gasteiger partial charge in [-0.1, -0.05) is 38.1 Å². The summed E-state index contributed by atoms with van der Waals surface area (Å²) in [6.07, 6.45) is -6.45. The SMILES string of the molecule is CC(=O)OC[C@H]1O[C@@H](Oc2cc3c(c4ccccc24)[C@H](CCl)CN3C(=O)CCCC(=O)Nc2cc(C(=O)Nc3ccc(NC(=O)[C@H](C)NC(=O)[C@@H](NC(=O)OC(C)(C)C)C(C)C)cc3)n(C)c2)[C@H](OC(C)=O)[C@@H](OC(C)=O)[C@H]1OC(C)=O. The third-order valence-electron chi connectivity index (χ3n) is 12.9. The number of alkyl halides is 1. The molecule has 6 amide bonds. The molecule has 3 heterocycles. The van der Waals surface area contributed by atoms with Gasteiger partial charge in [-0.2, -0.15) is 0 Å². The fourth-order valence-electron chi connectivity index (χ4n) is 9.32. The van der Waals surface area contributed by atoms with Crippen LogP contribution in [-0.2, 0) is 73.8 Å². The first-order chi connectivity index (χ1) is 38.6. The highest BCUT2D eigenvalue weighted by molar-refractivity contribution is 6.19. The Balaban J connectivity index is 1.07. The van der Waals surface area contributed by atoms with E-state index in [0.29, 0.717) is 33.5 Å². The van der Waals surface area contributed by atoms with Gasteiger partial charge in [-0.25, -0.2) is 4.79 Å². The number of aryl methyl sites for hydroxylation is 1. The molecule has 0 unspecified atom stereocenters. The number of fused-ring (bicyclic) bond motifs is 3. The summed E-state index contributed by atoms with van der Waals surface area (Å²) < 4.78 is 41.5. The fourth-order valence-corrected chi connectivity index (χ4v) is 9.57. The average molecular weight is 1160 g/mol. The molecule has 442 valence electrons. The van der Waals surface area contributed by atoms with Gasteiger partial charge in [-0.05, 0) is 81.3 Å². The third-order valence-corrected chi connectivity index (χ3v) is 13.3. The van der Waals surface area contributed by atoms with Crippen molar-refractivity contribution in [3.05, 3.63) is 78.1 Å². The van der Waals surface area contributed by atoms with E-state index in [9.17, 15) is 47.9 Å². The molecule has 2 aliphatic heterocycles. The second kappa shape index (κ2) is 27.5. The van der Waals surface area contributed by atoms with E-state index in [1.54, 1.807) is 101 Å². The molecule has 8 atom stereocenters. The molecule has 0 saturated carbocycles. The molecule has 0 aliphatic carbocycles. The van der Waals surface area contributed by atoms with Gasteiger partial charge < -0.3 is 69.2 Å². The van der Waals surface area contributed by atoms with Crippen molar-refractivity contribution in [2.24, 2.45) is 13.0 Å². The van der Waals surface area contributed by atoms with Gasteiger partial charge in [0.2, 0.25) is 36.0 Å². The maximum Gasteiger partial charge on any atom is 0.408 e. The maximum atomic E-state index is 14.2. The molecule has 82 heavy (non-hydrogen) atoms. The van der Waals surface area contributed by atoms with Crippen LogP contribution in [0.1, 0.15) is 110 Å². The lowest BCUT2D eigenvalue weighted by atomic mass is 9.95. The Morgan fingerprint density at radius 3 is 1.93 bits per heavy atom. The number of carbonyl (C=O) groups excluding carboxylic acids is 10. The van der Waals surface area contributed by atoms with E-state index in [1.807, 2.05) is 6.07 Å². The molecule has 1 saturated heterocycles. The molecule has 1 fully saturated rings. The highest BCUT2D eigenvalue weighted by atomic mass is 35.5. The highest BCUT2D eigenvalue weighted by Crippen LogP contribution is 2.47. The number of aromatic nitrogens is 1. The van der Waals surface area contributed by atoms with Crippen LogP contribution in [0.4, 0.5) is 27.5 Å².